The molecule has 1 aliphatic heterocycles. The van der Waals surface area contributed by atoms with E-state index in [4.69, 9.17) is 14.2 Å². The lowest BCUT2D eigenvalue weighted by Gasteiger charge is -2.33. The number of benzene rings is 2. The van der Waals surface area contributed by atoms with E-state index in [1.807, 2.05) is 36.1 Å². The van der Waals surface area contributed by atoms with Crippen LogP contribution in [0.3, 0.4) is 0 Å². The maximum Gasteiger partial charge on any atom is 0.245 e. The maximum absolute atomic E-state index is 14.3. The van der Waals surface area contributed by atoms with Crippen LogP contribution in [0.4, 0.5) is 5.69 Å². The van der Waals surface area contributed by atoms with E-state index in [1.54, 1.807) is 33.5 Å². The van der Waals surface area contributed by atoms with Crippen LogP contribution in [0.5, 0.6) is 17.2 Å². The van der Waals surface area contributed by atoms with Crippen LogP contribution >= 0.6 is 0 Å². The quantitative estimate of drug-likeness (QED) is 0.210. The lowest BCUT2D eigenvalue weighted by Crippen LogP contribution is -2.48. The van der Waals surface area contributed by atoms with Gasteiger partial charge in [-0.15, -0.1) is 0 Å². The van der Waals surface area contributed by atoms with Crippen molar-refractivity contribution >= 4 is 28.4 Å². The van der Waals surface area contributed by atoms with E-state index in [0.29, 0.717) is 54.4 Å². The van der Waals surface area contributed by atoms with E-state index in [-0.39, 0.29) is 23.2 Å². The van der Waals surface area contributed by atoms with Crippen LogP contribution < -0.4 is 30.3 Å². The van der Waals surface area contributed by atoms with Crippen molar-refractivity contribution < 1.29 is 23.8 Å². The predicted octanol–water partition coefficient (Wildman–Crippen LogP) is 5.76. The summed E-state index contributed by atoms with van der Waals surface area (Å²) in [5.74, 6) is 1.18. The third kappa shape index (κ3) is 5.95. The molecule has 0 bridgehead atoms. The van der Waals surface area contributed by atoms with E-state index in [1.165, 1.54) is 12.6 Å². The summed E-state index contributed by atoms with van der Waals surface area (Å²) in [6.07, 6.45) is 2.65. The number of aromatic nitrogens is 1. The molecule has 3 N–H and O–H groups in total. The minimum Gasteiger partial charge on any atom is -0.493 e. The van der Waals surface area contributed by atoms with Crippen LogP contribution in [0, 0.1) is 5.92 Å². The van der Waals surface area contributed by atoms with Gasteiger partial charge in [-0.3, -0.25) is 14.4 Å². The zero-order chi connectivity index (χ0) is 34.1. The first kappa shape index (κ1) is 32.9. The van der Waals surface area contributed by atoms with Crippen molar-refractivity contribution in [1.82, 2.24) is 15.2 Å². The van der Waals surface area contributed by atoms with Crippen molar-refractivity contribution in [3.8, 4) is 28.4 Å². The minimum atomic E-state index is -0.617. The SMILES string of the molecule is CC[C@H](C)[C@@H](Nc1ccc2c(cc1=O)[C@H](NC(C)=O)CCc1cc(OC)c(OC)c(OC)c1-2)C(=O)N1CCc2[nH]c3ccccc3c2C1. The number of anilines is 1. The lowest BCUT2D eigenvalue weighted by molar-refractivity contribution is -0.134. The fourth-order valence-corrected chi connectivity index (χ4v) is 7.23. The Bertz CT molecular complexity index is 1940. The fraction of sp³-hybridized carbons (Fsp3) is 0.395. The Kier molecular flexibility index (Phi) is 9.35. The minimum absolute atomic E-state index is 0.0345. The number of para-hydroxylation sites is 1. The molecule has 1 aliphatic carbocycles. The molecule has 0 unspecified atom stereocenters. The first-order valence-corrected chi connectivity index (χ1v) is 16.6. The first-order chi connectivity index (χ1) is 23.2. The van der Waals surface area contributed by atoms with Crippen LogP contribution in [0.25, 0.3) is 22.0 Å². The van der Waals surface area contributed by atoms with Gasteiger partial charge in [0.25, 0.3) is 0 Å². The molecule has 252 valence electrons. The van der Waals surface area contributed by atoms with Gasteiger partial charge in [-0.25, -0.2) is 0 Å². The molecule has 3 atom stereocenters. The second kappa shape index (κ2) is 13.6. The molecule has 10 nitrogen and oxygen atoms in total. The number of fused-ring (bicyclic) bond motifs is 6. The summed E-state index contributed by atoms with van der Waals surface area (Å²) in [6, 6.07) is 14.3. The molecular weight excluding hydrogens is 608 g/mol. The Balaban J connectivity index is 1.42. The Morgan fingerprint density at radius 3 is 2.50 bits per heavy atom. The van der Waals surface area contributed by atoms with Crippen molar-refractivity contribution in [3.05, 3.63) is 81.1 Å². The molecule has 0 saturated carbocycles. The number of aromatic amines is 1. The number of hydrogen-bond acceptors (Lipinski definition) is 7. The number of carbonyl (C=O) groups is 2. The van der Waals surface area contributed by atoms with Crippen molar-refractivity contribution in [1.29, 1.82) is 0 Å². The second-order valence-electron chi connectivity index (χ2n) is 12.7. The normalized spacial score (nSPS) is 16.5. The highest BCUT2D eigenvalue weighted by molar-refractivity contribution is 5.89. The standard InChI is InChI=1S/C38H44N4O6/c1-7-21(2)35(38(45)42-17-16-30-27(20-42)24-10-8-9-11-28(24)40-30)41-31-15-13-25-26(19-32(31)44)29(39-22(3)43)14-12-23-18-33(46-4)36(47-5)37(48-6)34(23)25/h8-11,13,15,18-19,21,29,35,40H,7,12,14,16-17,20H2,1-6H3,(H,39,43)(H,41,44)/t21-,29+,35+/m0/s1. The van der Waals surface area contributed by atoms with Crippen molar-refractivity contribution in [2.75, 3.05) is 33.2 Å². The molecular formula is C38H44N4O6. The van der Waals surface area contributed by atoms with Crippen LogP contribution in [0.15, 0.2) is 53.3 Å². The van der Waals surface area contributed by atoms with E-state index in [0.717, 1.165) is 46.0 Å². The highest BCUT2D eigenvalue weighted by atomic mass is 16.5. The zero-order valence-corrected chi connectivity index (χ0v) is 28.5. The number of nitrogens with zero attached hydrogens (tertiary/aromatic N) is 1. The van der Waals surface area contributed by atoms with Crippen molar-refractivity contribution in [3.63, 3.8) is 0 Å². The summed E-state index contributed by atoms with van der Waals surface area (Å²) < 4.78 is 17.3. The molecule has 2 amide bonds. The Morgan fingerprint density at radius 1 is 1.02 bits per heavy atom. The summed E-state index contributed by atoms with van der Waals surface area (Å²) in [5.41, 5.74) is 6.56. The molecule has 10 heteroatoms. The van der Waals surface area contributed by atoms with E-state index >= 15 is 0 Å². The molecule has 0 saturated heterocycles. The van der Waals surface area contributed by atoms with Gasteiger partial charge in [0.05, 0.1) is 33.1 Å². The number of carbonyl (C=O) groups excluding carboxylic acids is 2. The lowest BCUT2D eigenvalue weighted by atomic mass is 9.95. The molecule has 1 aromatic heterocycles. The first-order valence-electron chi connectivity index (χ1n) is 16.6. The summed E-state index contributed by atoms with van der Waals surface area (Å²) in [4.78, 5) is 46.1. The molecule has 0 fully saturated rings. The Hall–Kier alpha value is -4.99. The summed E-state index contributed by atoms with van der Waals surface area (Å²) >= 11 is 0. The molecule has 4 aromatic rings. The Labute approximate surface area is 280 Å². The third-order valence-electron chi connectivity index (χ3n) is 9.90. The van der Waals surface area contributed by atoms with Crippen molar-refractivity contribution in [2.45, 2.75) is 65.1 Å². The van der Waals surface area contributed by atoms with Gasteiger partial charge >= 0.3 is 0 Å². The van der Waals surface area contributed by atoms with Crippen LogP contribution in [0.1, 0.15) is 62.0 Å². The summed E-state index contributed by atoms with van der Waals surface area (Å²) in [7, 11) is 4.71. The van der Waals surface area contributed by atoms with Crippen LogP contribution in [0.2, 0.25) is 0 Å². The van der Waals surface area contributed by atoms with Gasteiger partial charge < -0.3 is 34.7 Å². The average molecular weight is 653 g/mol. The molecule has 3 aromatic carbocycles. The number of H-pyrrole nitrogens is 1. The van der Waals surface area contributed by atoms with E-state index in [2.05, 4.69) is 34.7 Å². The van der Waals surface area contributed by atoms with Crippen molar-refractivity contribution in [2.24, 2.45) is 5.92 Å². The van der Waals surface area contributed by atoms with E-state index < -0.39 is 12.1 Å². The number of aryl methyl sites for hydroxylation is 1. The molecule has 2 aliphatic rings. The topological polar surface area (TPSA) is 122 Å². The van der Waals surface area contributed by atoms with Gasteiger partial charge in [0.15, 0.2) is 11.5 Å². The van der Waals surface area contributed by atoms with Gasteiger partial charge in [0.1, 0.15) is 6.04 Å². The van der Waals surface area contributed by atoms with Crippen LogP contribution in [-0.4, -0.2) is 55.6 Å². The summed E-state index contributed by atoms with van der Waals surface area (Å²) in [6.45, 7) is 6.66. The molecule has 0 spiro atoms. The number of nitrogens with one attached hydrogen (secondary N) is 3. The van der Waals surface area contributed by atoms with Gasteiger partial charge in [0, 0.05) is 54.2 Å². The van der Waals surface area contributed by atoms with Gasteiger partial charge in [0.2, 0.25) is 23.0 Å². The smallest absolute Gasteiger partial charge is 0.245 e. The third-order valence-corrected chi connectivity index (χ3v) is 9.90. The molecule has 6 rings (SSSR count). The molecule has 0 radical (unpaired) electrons. The van der Waals surface area contributed by atoms with E-state index in [9.17, 15) is 14.4 Å². The largest absolute Gasteiger partial charge is 0.493 e. The average Bonchev–Trinajstić information content (AvgIpc) is 3.31. The second-order valence-corrected chi connectivity index (χ2v) is 12.7. The van der Waals surface area contributed by atoms with Gasteiger partial charge in [-0.2, -0.15) is 0 Å². The number of methoxy groups -OCH3 is 3. The van der Waals surface area contributed by atoms with Gasteiger partial charge in [-0.05, 0) is 59.7 Å². The highest BCUT2D eigenvalue weighted by Crippen LogP contribution is 2.50. The number of amides is 2. The Morgan fingerprint density at radius 2 is 1.79 bits per heavy atom. The predicted molar refractivity (Wildman–Crippen MR) is 187 cm³/mol. The number of rotatable bonds is 9. The molecule has 48 heavy (non-hydrogen) atoms. The highest BCUT2D eigenvalue weighted by Gasteiger charge is 2.33. The fourth-order valence-electron chi connectivity index (χ4n) is 7.23. The number of ether oxygens (including phenoxy) is 3. The number of hydrogen-bond donors (Lipinski definition) is 3. The summed E-state index contributed by atoms with van der Waals surface area (Å²) in [5, 5.41) is 7.57. The zero-order valence-electron chi connectivity index (χ0n) is 28.5. The monoisotopic (exact) mass is 652 g/mol. The van der Waals surface area contributed by atoms with Gasteiger partial charge in [-0.1, -0.05) is 44.5 Å². The maximum atomic E-state index is 14.3. The molecule has 2 heterocycles. The van der Waals surface area contributed by atoms with Crippen LogP contribution in [-0.2, 0) is 29.0 Å².